The Labute approximate surface area is 378 Å². The number of pyridine rings is 1. The summed E-state index contributed by atoms with van der Waals surface area (Å²) in [7, 11) is 0. The molecule has 1 saturated heterocycles. The second-order valence-electron chi connectivity index (χ2n) is 16.5. The maximum Gasteiger partial charge on any atom is 0.248 e. The minimum absolute atomic E-state index is 0.357. The highest BCUT2D eigenvalue weighted by Gasteiger charge is 2.23. The Morgan fingerprint density at radius 2 is 1.43 bits per heavy atom. The van der Waals surface area contributed by atoms with Gasteiger partial charge in [-0.2, -0.15) is 10.2 Å². The minimum atomic E-state index is -0.535. The molecule has 0 spiro atoms. The Balaban J connectivity index is 1.15. The number of fused-ring (bicyclic) bond motifs is 6. The van der Waals surface area contributed by atoms with Crippen molar-refractivity contribution in [3.63, 3.8) is 0 Å². The molecule has 15 nitrogen and oxygen atoms in total. The van der Waals surface area contributed by atoms with Crippen LogP contribution in [0, 0.1) is 13.8 Å². The fraction of sp³-hybridized carbons (Fsp3) is 0.360. The van der Waals surface area contributed by atoms with Gasteiger partial charge in [0.1, 0.15) is 28.5 Å². The zero-order valence-electron chi connectivity index (χ0n) is 38.0. The highest BCUT2D eigenvalue weighted by atomic mass is 16.5. The van der Waals surface area contributed by atoms with Gasteiger partial charge in [-0.1, -0.05) is 31.7 Å². The van der Waals surface area contributed by atoms with Crippen molar-refractivity contribution < 1.29 is 19.0 Å². The lowest BCUT2D eigenvalue weighted by Crippen LogP contribution is -2.37. The Kier molecular flexibility index (Phi) is 12.5. The number of nitrogens with two attached hydrogens (primary N) is 1. The molecule has 65 heavy (non-hydrogen) atoms. The number of carbonyl (C=O) groups excluding carboxylic acids is 1. The molecule has 6 aromatic heterocycles. The normalized spacial score (nSPS) is 13.6. The number of amides is 1. The van der Waals surface area contributed by atoms with E-state index in [0.717, 1.165) is 130 Å². The molecule has 0 atom stereocenters. The van der Waals surface area contributed by atoms with E-state index in [0.29, 0.717) is 55.6 Å². The lowest BCUT2D eigenvalue weighted by atomic mass is 10.1. The van der Waals surface area contributed by atoms with Gasteiger partial charge in [0, 0.05) is 79.1 Å². The molecule has 1 fully saturated rings. The summed E-state index contributed by atoms with van der Waals surface area (Å²) in [5.74, 6) is 1.38. The van der Waals surface area contributed by atoms with E-state index < -0.39 is 5.91 Å². The molecular weight excluding hydrogens is 819 g/mol. The predicted octanol–water partition coefficient (Wildman–Crippen LogP) is 8.36. The molecule has 0 bridgehead atoms. The van der Waals surface area contributed by atoms with Gasteiger partial charge >= 0.3 is 0 Å². The number of aromatic nitrogens is 9. The number of allylic oxidation sites excluding steroid dienone is 2. The molecule has 1 amide bonds. The van der Waals surface area contributed by atoms with Gasteiger partial charge in [-0.25, -0.2) is 15.0 Å². The van der Waals surface area contributed by atoms with Crippen LogP contribution in [0.4, 0.5) is 0 Å². The van der Waals surface area contributed by atoms with Crippen molar-refractivity contribution in [1.82, 2.24) is 48.5 Å². The van der Waals surface area contributed by atoms with Crippen LogP contribution in [-0.4, -0.2) is 101 Å². The number of benzene rings is 2. The molecule has 0 aliphatic carbocycles. The van der Waals surface area contributed by atoms with Crippen molar-refractivity contribution in [2.75, 3.05) is 46.1 Å². The number of nitrogens with zero attached hydrogens (tertiary/aromatic N) is 10. The molecule has 8 aromatic rings. The van der Waals surface area contributed by atoms with Crippen LogP contribution in [0.3, 0.4) is 0 Å². The van der Waals surface area contributed by atoms with Crippen LogP contribution in [-0.2, 0) is 30.9 Å². The predicted molar refractivity (Wildman–Crippen MR) is 256 cm³/mol. The van der Waals surface area contributed by atoms with E-state index in [1.165, 1.54) is 0 Å². The molecule has 15 heteroatoms. The summed E-state index contributed by atoms with van der Waals surface area (Å²) in [5, 5.41) is 13.0. The number of ether oxygens (including phenoxy) is 3. The number of aryl methyl sites for hydroxylation is 4. The summed E-state index contributed by atoms with van der Waals surface area (Å²) >= 11 is 0. The Bertz CT molecular complexity index is 3090. The molecule has 0 saturated carbocycles. The number of hydrogen-bond acceptors (Lipinski definition) is 10. The van der Waals surface area contributed by atoms with Gasteiger partial charge < -0.3 is 29.1 Å². The second kappa shape index (κ2) is 18.7. The van der Waals surface area contributed by atoms with Crippen LogP contribution in [0.1, 0.15) is 60.9 Å². The third-order valence-corrected chi connectivity index (χ3v) is 12.0. The lowest BCUT2D eigenvalue weighted by molar-refractivity contribution is 0.0358. The van der Waals surface area contributed by atoms with Crippen LogP contribution in [0.5, 0.6) is 11.5 Å². The van der Waals surface area contributed by atoms with Crippen molar-refractivity contribution >= 4 is 55.9 Å². The van der Waals surface area contributed by atoms with E-state index >= 15 is 0 Å². The number of primary amides is 1. The molecule has 1 aliphatic heterocycles. The van der Waals surface area contributed by atoms with Crippen LogP contribution >= 0.6 is 0 Å². The van der Waals surface area contributed by atoms with Crippen LogP contribution < -0.4 is 15.2 Å². The maximum absolute atomic E-state index is 12.6. The zero-order chi connectivity index (χ0) is 45.2. The van der Waals surface area contributed by atoms with Crippen LogP contribution in [0.15, 0.2) is 73.5 Å². The number of morpholine rings is 1. The Hall–Kier alpha value is -6.84. The quantitative estimate of drug-likeness (QED) is 0.0656. The fourth-order valence-electron chi connectivity index (χ4n) is 8.98. The largest absolute Gasteiger partial charge is 0.491 e. The van der Waals surface area contributed by atoms with Gasteiger partial charge in [-0.3, -0.25) is 19.1 Å². The van der Waals surface area contributed by atoms with E-state index in [1.807, 2.05) is 54.5 Å². The summed E-state index contributed by atoms with van der Waals surface area (Å²) in [4.78, 5) is 30.5. The SMILES string of the molecule is C=Cc1cc(OCCCN2CCOCC2)c2c(c1)c1ccc(-c3cc(C)nn3CC)nc1n2C/C=C/Cn1c2nc(-c3cc(C)nn3CC)ncc2c2cc(C(N)=O)cc(OCCC)c21. The average Bonchev–Trinajstić information content (AvgIpc) is 4.08. The third kappa shape index (κ3) is 8.49. The number of carbonyl (C=O) groups is 1. The van der Waals surface area contributed by atoms with E-state index in [-0.39, 0.29) is 0 Å². The van der Waals surface area contributed by atoms with Crippen LogP contribution in [0.2, 0.25) is 0 Å². The zero-order valence-corrected chi connectivity index (χ0v) is 38.0. The second-order valence-corrected chi connectivity index (χ2v) is 16.5. The van der Waals surface area contributed by atoms with E-state index in [4.69, 9.17) is 40.0 Å². The van der Waals surface area contributed by atoms with Crippen LogP contribution in [0.25, 0.3) is 72.9 Å². The molecule has 0 unspecified atom stereocenters. The van der Waals surface area contributed by atoms with Gasteiger partial charge in [-0.05, 0) is 94.6 Å². The van der Waals surface area contributed by atoms with E-state index in [9.17, 15) is 4.79 Å². The highest BCUT2D eigenvalue weighted by Crippen LogP contribution is 2.39. The molecular formula is C50H57N11O4. The van der Waals surface area contributed by atoms with Gasteiger partial charge in [0.05, 0.1) is 60.2 Å². The van der Waals surface area contributed by atoms with E-state index in [2.05, 4.69) is 82.0 Å². The molecule has 0 radical (unpaired) electrons. The first-order valence-electron chi connectivity index (χ1n) is 22.7. The average molecular weight is 876 g/mol. The summed E-state index contributed by atoms with van der Waals surface area (Å²) in [6.45, 7) is 22.0. The van der Waals surface area contributed by atoms with Gasteiger partial charge in [0.25, 0.3) is 0 Å². The van der Waals surface area contributed by atoms with E-state index in [1.54, 1.807) is 6.07 Å². The molecule has 9 rings (SSSR count). The maximum atomic E-state index is 12.6. The van der Waals surface area contributed by atoms with Crippen molar-refractivity contribution in [3.05, 3.63) is 96.0 Å². The van der Waals surface area contributed by atoms with Crippen molar-refractivity contribution in [2.24, 2.45) is 5.73 Å². The first-order valence-corrected chi connectivity index (χ1v) is 22.7. The Morgan fingerprint density at radius 1 is 0.785 bits per heavy atom. The third-order valence-electron chi connectivity index (χ3n) is 12.0. The smallest absolute Gasteiger partial charge is 0.248 e. The molecule has 1 aliphatic rings. The summed E-state index contributed by atoms with van der Waals surface area (Å²) in [6.07, 6.45) is 9.68. The van der Waals surface area contributed by atoms with Crippen molar-refractivity contribution in [2.45, 2.75) is 73.6 Å². The summed E-state index contributed by atoms with van der Waals surface area (Å²) in [6, 6.07) is 16.1. The fourth-order valence-corrected chi connectivity index (χ4v) is 8.98. The van der Waals surface area contributed by atoms with Gasteiger partial charge in [0.15, 0.2) is 5.82 Å². The lowest BCUT2D eigenvalue weighted by Gasteiger charge is -2.26. The highest BCUT2D eigenvalue weighted by molar-refractivity contribution is 6.12. The molecule has 7 heterocycles. The van der Waals surface area contributed by atoms with Crippen molar-refractivity contribution in [1.29, 1.82) is 0 Å². The molecule has 2 N–H and O–H groups in total. The minimum Gasteiger partial charge on any atom is -0.491 e. The van der Waals surface area contributed by atoms with Crippen molar-refractivity contribution in [3.8, 4) is 34.4 Å². The van der Waals surface area contributed by atoms with Gasteiger partial charge in [0.2, 0.25) is 5.91 Å². The summed E-state index contributed by atoms with van der Waals surface area (Å²) < 4.78 is 26.9. The topological polar surface area (TPSA) is 158 Å². The Morgan fingerprint density at radius 3 is 2.11 bits per heavy atom. The standard InChI is InChI=1S/C50H57N11O4/c1-7-21-64-44-30-35(47(51)62)29-38-39-31-52-48(42-26-33(6)56-61(42)10-4)54-50(39)59(46(38)44)18-12-11-17-58-45-37(36-14-15-40(53-49(36)58)41-25-32(5)55-60(41)9-3)27-34(8-2)28-43(45)65-22-13-16-57-19-23-63-24-20-57/h8,11-12,14-15,25-31H,2,7,9-10,13,16-24H2,1,3-6H3,(H2,51,62)/b12-11+. The molecule has 336 valence electrons. The number of hydrogen-bond donors (Lipinski definition) is 1. The first-order chi connectivity index (χ1) is 31.7. The first kappa shape index (κ1) is 43.4. The summed E-state index contributed by atoms with van der Waals surface area (Å²) in [5.41, 5.74) is 15.0. The monoisotopic (exact) mass is 875 g/mol. The molecule has 2 aromatic carbocycles. The van der Waals surface area contributed by atoms with Gasteiger partial charge in [-0.15, -0.1) is 0 Å². The number of rotatable bonds is 18.